The summed E-state index contributed by atoms with van der Waals surface area (Å²) in [6.45, 7) is 4.51. The van der Waals surface area contributed by atoms with Crippen LogP contribution in [0.5, 0.6) is 0 Å². The number of rotatable bonds is 5. The van der Waals surface area contributed by atoms with Gasteiger partial charge in [-0.1, -0.05) is 18.7 Å². The molecule has 0 bridgehead atoms. The van der Waals surface area contributed by atoms with Crippen molar-refractivity contribution in [1.29, 1.82) is 0 Å². The van der Waals surface area contributed by atoms with Crippen molar-refractivity contribution >= 4 is 35.0 Å². The lowest BCUT2D eigenvalue weighted by molar-refractivity contribution is -0.147. The summed E-state index contributed by atoms with van der Waals surface area (Å²) >= 11 is 3.20. The zero-order valence-electron chi connectivity index (χ0n) is 11.6. The minimum absolute atomic E-state index is 0.102. The minimum atomic E-state index is -0.904. The van der Waals surface area contributed by atoms with Crippen LogP contribution in [0.2, 0.25) is 0 Å². The fourth-order valence-corrected chi connectivity index (χ4v) is 4.43. The van der Waals surface area contributed by atoms with Gasteiger partial charge in [0.05, 0.1) is 12.1 Å². The highest BCUT2D eigenvalue weighted by Gasteiger charge is 2.34. The Morgan fingerprint density at radius 1 is 1.55 bits per heavy atom. The molecule has 1 aromatic rings. The summed E-state index contributed by atoms with van der Waals surface area (Å²) in [5.74, 6) is -0.0538. The molecule has 1 aliphatic heterocycles. The van der Waals surface area contributed by atoms with Gasteiger partial charge < -0.3 is 10.0 Å². The van der Waals surface area contributed by atoms with Gasteiger partial charge in [0.2, 0.25) is 5.91 Å². The molecule has 1 aliphatic rings. The van der Waals surface area contributed by atoms with E-state index >= 15 is 0 Å². The predicted molar refractivity (Wildman–Crippen MR) is 79.3 cm³/mol. The van der Waals surface area contributed by atoms with Crippen LogP contribution in [0.25, 0.3) is 0 Å². The Morgan fingerprint density at radius 2 is 2.30 bits per heavy atom. The van der Waals surface area contributed by atoms with Crippen LogP contribution in [0.4, 0.5) is 0 Å². The van der Waals surface area contributed by atoms with Crippen molar-refractivity contribution in [3.05, 3.63) is 10.6 Å². The smallest absolute Gasteiger partial charge is 0.326 e. The van der Waals surface area contributed by atoms with E-state index in [2.05, 4.69) is 11.9 Å². The number of aliphatic carboxylic acids is 1. The Hall–Kier alpha value is -1.08. The van der Waals surface area contributed by atoms with Crippen molar-refractivity contribution in [2.75, 3.05) is 12.3 Å². The van der Waals surface area contributed by atoms with Gasteiger partial charge in [0.1, 0.15) is 10.4 Å². The molecule has 1 fully saturated rings. The van der Waals surface area contributed by atoms with E-state index in [9.17, 15) is 9.59 Å². The van der Waals surface area contributed by atoms with Gasteiger partial charge in [-0.25, -0.2) is 9.78 Å². The first-order valence-electron chi connectivity index (χ1n) is 6.64. The van der Waals surface area contributed by atoms with Gasteiger partial charge in [0, 0.05) is 11.4 Å². The summed E-state index contributed by atoms with van der Waals surface area (Å²) in [6.07, 6.45) is 1.58. The number of nitrogens with zero attached hydrogens (tertiary/aromatic N) is 2. The maximum atomic E-state index is 12.3. The number of thioether (sulfide) groups is 1. The highest BCUT2D eigenvalue weighted by molar-refractivity contribution is 8.01. The van der Waals surface area contributed by atoms with Crippen LogP contribution in [-0.2, 0) is 16.0 Å². The molecule has 2 heterocycles. The number of carboxylic acid groups (broad SMARTS) is 1. The molecule has 0 saturated carbocycles. The number of thiazole rings is 1. The van der Waals surface area contributed by atoms with E-state index in [1.165, 1.54) is 16.2 Å². The van der Waals surface area contributed by atoms with E-state index in [0.29, 0.717) is 13.0 Å². The van der Waals surface area contributed by atoms with Crippen molar-refractivity contribution in [2.45, 2.75) is 43.5 Å². The highest BCUT2D eigenvalue weighted by atomic mass is 32.2. The summed E-state index contributed by atoms with van der Waals surface area (Å²) in [6, 6.07) is -0.653. The average molecular weight is 314 g/mol. The third kappa shape index (κ3) is 3.32. The second-order valence-corrected chi connectivity index (χ2v) is 7.28. The second kappa shape index (κ2) is 6.58. The zero-order valence-corrected chi connectivity index (χ0v) is 13.2. The summed E-state index contributed by atoms with van der Waals surface area (Å²) in [5.41, 5.74) is 0.880. The Balaban J connectivity index is 2.05. The van der Waals surface area contributed by atoms with E-state index in [1.807, 2.05) is 6.92 Å². The topological polar surface area (TPSA) is 70.5 Å². The van der Waals surface area contributed by atoms with Gasteiger partial charge >= 0.3 is 5.97 Å². The summed E-state index contributed by atoms with van der Waals surface area (Å²) in [4.78, 5) is 30.3. The first-order chi connectivity index (χ1) is 9.52. The summed E-state index contributed by atoms with van der Waals surface area (Å²) < 4.78 is 0.976. The Kier molecular flexibility index (Phi) is 5.04. The monoisotopic (exact) mass is 314 g/mol. The second-order valence-electron chi connectivity index (χ2n) is 4.68. The van der Waals surface area contributed by atoms with Crippen LogP contribution in [0.1, 0.15) is 30.3 Å². The van der Waals surface area contributed by atoms with E-state index in [4.69, 9.17) is 5.11 Å². The number of hydrogen-bond donors (Lipinski definition) is 1. The van der Waals surface area contributed by atoms with E-state index in [0.717, 1.165) is 27.1 Å². The van der Waals surface area contributed by atoms with Gasteiger partial charge in [0.25, 0.3) is 0 Å². The van der Waals surface area contributed by atoms with E-state index < -0.39 is 12.0 Å². The van der Waals surface area contributed by atoms with E-state index in [1.54, 1.807) is 11.8 Å². The Morgan fingerprint density at radius 3 is 2.95 bits per heavy atom. The first kappa shape index (κ1) is 15.3. The third-order valence-corrected chi connectivity index (χ3v) is 5.49. The highest BCUT2D eigenvalue weighted by Crippen LogP contribution is 2.28. The van der Waals surface area contributed by atoms with Gasteiger partial charge in [-0.3, -0.25) is 4.79 Å². The van der Waals surface area contributed by atoms with Crippen LogP contribution in [0.15, 0.2) is 4.34 Å². The van der Waals surface area contributed by atoms with Crippen LogP contribution in [0, 0.1) is 6.92 Å². The van der Waals surface area contributed by atoms with Gasteiger partial charge in [-0.05, 0) is 25.5 Å². The van der Waals surface area contributed by atoms with Crippen molar-refractivity contribution in [3.8, 4) is 0 Å². The third-order valence-electron chi connectivity index (χ3n) is 3.31. The van der Waals surface area contributed by atoms with Crippen LogP contribution in [-0.4, -0.2) is 45.2 Å². The number of hydrogen-bond acceptors (Lipinski definition) is 5. The Labute approximate surface area is 126 Å². The molecule has 0 radical (unpaired) electrons. The Bertz CT molecular complexity index is 516. The molecule has 20 heavy (non-hydrogen) atoms. The SMILES string of the molecule is CCSc1nc(C)c(CC(=O)N2CCCC2C(=O)O)s1. The standard InChI is InChI=1S/C13H18N2O3S2/c1-3-19-13-14-8(2)10(20-13)7-11(16)15-6-4-5-9(15)12(17)18/h9H,3-7H2,1-2H3,(H,17,18). The molecule has 0 spiro atoms. The number of carbonyl (C=O) groups excluding carboxylic acids is 1. The molecule has 0 aliphatic carbocycles. The number of aryl methyl sites for hydroxylation is 1. The fourth-order valence-electron chi connectivity index (χ4n) is 2.31. The number of likely N-dealkylation sites (tertiary alicyclic amines) is 1. The molecule has 1 amide bonds. The quantitative estimate of drug-likeness (QED) is 0.844. The lowest BCUT2D eigenvalue weighted by atomic mass is 10.2. The van der Waals surface area contributed by atoms with Crippen molar-refractivity contribution in [1.82, 2.24) is 9.88 Å². The molecule has 1 atom stereocenters. The first-order valence-corrected chi connectivity index (χ1v) is 8.44. The van der Waals surface area contributed by atoms with Gasteiger partial charge in [0.15, 0.2) is 0 Å². The molecule has 1 aromatic heterocycles. The molecular weight excluding hydrogens is 296 g/mol. The largest absolute Gasteiger partial charge is 0.480 e. The van der Waals surface area contributed by atoms with E-state index in [-0.39, 0.29) is 12.3 Å². The molecule has 1 saturated heterocycles. The molecule has 0 aromatic carbocycles. The molecule has 5 nitrogen and oxygen atoms in total. The molecular formula is C13H18N2O3S2. The molecule has 1 N–H and O–H groups in total. The van der Waals surface area contributed by atoms with Crippen LogP contribution >= 0.6 is 23.1 Å². The van der Waals surface area contributed by atoms with Crippen molar-refractivity contribution < 1.29 is 14.7 Å². The van der Waals surface area contributed by atoms with Crippen molar-refractivity contribution in [2.24, 2.45) is 0 Å². The average Bonchev–Trinajstić information content (AvgIpc) is 2.97. The normalized spacial score (nSPS) is 18.5. The lowest BCUT2D eigenvalue weighted by Gasteiger charge is -2.21. The number of carboxylic acids is 1. The molecule has 110 valence electrons. The summed E-state index contributed by atoms with van der Waals surface area (Å²) in [7, 11) is 0. The summed E-state index contributed by atoms with van der Waals surface area (Å²) in [5, 5.41) is 9.12. The minimum Gasteiger partial charge on any atom is -0.480 e. The van der Waals surface area contributed by atoms with Gasteiger partial charge in [-0.15, -0.1) is 11.3 Å². The number of amides is 1. The fraction of sp³-hybridized carbons (Fsp3) is 0.615. The van der Waals surface area contributed by atoms with Gasteiger partial charge in [-0.2, -0.15) is 0 Å². The predicted octanol–water partition coefficient (Wildman–Crippen LogP) is 2.18. The van der Waals surface area contributed by atoms with Crippen LogP contribution < -0.4 is 0 Å². The molecule has 7 heteroatoms. The number of aromatic nitrogens is 1. The molecule has 2 rings (SSSR count). The zero-order chi connectivity index (χ0) is 14.7. The number of carbonyl (C=O) groups is 2. The van der Waals surface area contributed by atoms with Crippen molar-refractivity contribution in [3.63, 3.8) is 0 Å². The molecule has 1 unspecified atom stereocenters. The lowest BCUT2D eigenvalue weighted by Crippen LogP contribution is -2.41. The maximum Gasteiger partial charge on any atom is 0.326 e. The maximum absolute atomic E-state index is 12.3. The van der Waals surface area contributed by atoms with Crippen LogP contribution in [0.3, 0.4) is 0 Å².